The minimum atomic E-state index is -3.31. The van der Waals surface area contributed by atoms with Gasteiger partial charge >= 0.3 is 0 Å². The van der Waals surface area contributed by atoms with Crippen LogP contribution in [0.25, 0.3) is 0 Å². The van der Waals surface area contributed by atoms with E-state index in [0.717, 1.165) is 5.56 Å². The smallest absolute Gasteiger partial charge is 0.276 e. The Kier molecular flexibility index (Phi) is 6.74. The summed E-state index contributed by atoms with van der Waals surface area (Å²) in [6, 6.07) is 9.66. The van der Waals surface area contributed by atoms with Crippen LogP contribution in [0, 0.1) is 6.92 Å². The fraction of sp³-hybridized carbons (Fsp3) is 0.545. The van der Waals surface area contributed by atoms with Crippen LogP contribution in [-0.4, -0.2) is 73.7 Å². The maximum atomic E-state index is 12.8. The maximum absolute atomic E-state index is 12.8. The molecule has 2 aliphatic rings. The van der Waals surface area contributed by atoms with Crippen molar-refractivity contribution in [2.24, 2.45) is 0 Å². The van der Waals surface area contributed by atoms with Gasteiger partial charge in [-0.05, 0) is 31.7 Å². The number of carbonyl (C=O) groups excluding carboxylic acids is 1. The summed E-state index contributed by atoms with van der Waals surface area (Å²) in [6.45, 7) is 4.82. The van der Waals surface area contributed by atoms with E-state index >= 15 is 0 Å². The maximum Gasteiger partial charge on any atom is 0.276 e. The number of sulfonamides is 1. The Bertz CT molecular complexity index is 991. The van der Waals surface area contributed by atoms with Gasteiger partial charge in [-0.15, -0.1) is 0 Å². The molecule has 9 heteroatoms. The first-order valence-corrected chi connectivity index (χ1v) is 12.4. The van der Waals surface area contributed by atoms with Gasteiger partial charge in [-0.2, -0.15) is 0 Å². The zero-order chi connectivity index (χ0) is 21.8. The lowest BCUT2D eigenvalue weighted by Crippen LogP contribution is -2.41. The second-order valence-corrected chi connectivity index (χ2v) is 10.2. The van der Waals surface area contributed by atoms with Crippen molar-refractivity contribution in [1.29, 1.82) is 0 Å². The number of oxazole rings is 1. The molecule has 0 bridgehead atoms. The molecule has 2 saturated heterocycles. The standard InChI is InChI=1S/C22H29N3O5S/c1-17-20(22(26)24-12-14-29-15-13-24)23-21(30-17)19-7-10-25(11-8-19)31(27,28)16-9-18-5-3-2-4-6-18/h2-6,19H,7-16H2,1H3. The molecule has 0 spiro atoms. The number of benzene rings is 1. The molecule has 2 fully saturated rings. The third-order valence-corrected chi connectivity index (χ3v) is 7.87. The average Bonchev–Trinajstić information content (AvgIpc) is 3.20. The SMILES string of the molecule is Cc1oc(C2CCN(S(=O)(=O)CCc3ccccc3)CC2)nc1C(=O)N1CCOCC1. The number of aryl methyl sites for hydroxylation is 2. The van der Waals surface area contributed by atoms with Crippen LogP contribution in [0.3, 0.4) is 0 Å². The van der Waals surface area contributed by atoms with Gasteiger partial charge in [-0.1, -0.05) is 30.3 Å². The molecule has 0 radical (unpaired) electrons. The van der Waals surface area contributed by atoms with E-state index in [-0.39, 0.29) is 17.6 Å². The Labute approximate surface area is 183 Å². The Morgan fingerprint density at radius 1 is 1.10 bits per heavy atom. The molecule has 31 heavy (non-hydrogen) atoms. The number of morpholine rings is 1. The zero-order valence-electron chi connectivity index (χ0n) is 17.8. The van der Waals surface area contributed by atoms with E-state index in [2.05, 4.69) is 4.98 Å². The van der Waals surface area contributed by atoms with E-state index in [4.69, 9.17) is 9.15 Å². The third-order valence-electron chi connectivity index (χ3n) is 6.00. The van der Waals surface area contributed by atoms with Gasteiger partial charge in [0.1, 0.15) is 5.76 Å². The molecular formula is C22H29N3O5S. The second kappa shape index (κ2) is 9.50. The zero-order valence-corrected chi connectivity index (χ0v) is 18.6. The first-order valence-electron chi connectivity index (χ1n) is 10.8. The Hall–Kier alpha value is -2.23. The normalized spacial score (nSPS) is 18.9. The average molecular weight is 448 g/mol. The lowest BCUT2D eigenvalue weighted by molar-refractivity contribution is 0.0298. The van der Waals surface area contributed by atoms with E-state index in [1.54, 1.807) is 16.1 Å². The summed E-state index contributed by atoms with van der Waals surface area (Å²) >= 11 is 0. The predicted molar refractivity (Wildman–Crippen MR) is 115 cm³/mol. The van der Waals surface area contributed by atoms with Crippen LogP contribution in [-0.2, 0) is 21.2 Å². The second-order valence-electron chi connectivity index (χ2n) is 8.09. The van der Waals surface area contributed by atoms with E-state index in [1.165, 1.54) is 0 Å². The molecule has 1 amide bonds. The minimum absolute atomic E-state index is 0.0190. The molecule has 0 atom stereocenters. The lowest BCUT2D eigenvalue weighted by atomic mass is 9.98. The molecule has 0 aliphatic carbocycles. The van der Waals surface area contributed by atoms with Gasteiger partial charge in [0.15, 0.2) is 11.6 Å². The number of hydrogen-bond donors (Lipinski definition) is 0. The summed E-state index contributed by atoms with van der Waals surface area (Å²) < 4.78 is 38.2. The molecule has 8 nitrogen and oxygen atoms in total. The molecule has 3 heterocycles. The van der Waals surface area contributed by atoms with Crippen molar-refractivity contribution in [1.82, 2.24) is 14.2 Å². The molecule has 4 rings (SSSR count). The van der Waals surface area contributed by atoms with Crippen LogP contribution in [0.4, 0.5) is 0 Å². The largest absolute Gasteiger partial charge is 0.445 e. The quantitative estimate of drug-likeness (QED) is 0.674. The van der Waals surface area contributed by atoms with Gasteiger partial charge < -0.3 is 14.1 Å². The molecule has 2 aliphatic heterocycles. The summed E-state index contributed by atoms with van der Waals surface area (Å²) in [6.07, 6.45) is 1.78. The van der Waals surface area contributed by atoms with Gasteiger partial charge in [-0.3, -0.25) is 4.79 Å². The highest BCUT2D eigenvalue weighted by Gasteiger charge is 2.32. The van der Waals surface area contributed by atoms with E-state index in [1.807, 2.05) is 30.3 Å². The highest BCUT2D eigenvalue weighted by molar-refractivity contribution is 7.89. The predicted octanol–water partition coefficient (Wildman–Crippen LogP) is 2.21. The fourth-order valence-corrected chi connectivity index (χ4v) is 5.63. The number of ether oxygens (including phenoxy) is 1. The topological polar surface area (TPSA) is 93.0 Å². The first kappa shape index (κ1) is 22.0. The van der Waals surface area contributed by atoms with Crippen LogP contribution < -0.4 is 0 Å². The van der Waals surface area contributed by atoms with Crippen molar-refractivity contribution in [3.8, 4) is 0 Å². The monoisotopic (exact) mass is 447 g/mol. The van der Waals surface area contributed by atoms with Gasteiger partial charge in [-0.25, -0.2) is 17.7 Å². The number of hydrogen-bond acceptors (Lipinski definition) is 6. The summed E-state index contributed by atoms with van der Waals surface area (Å²) in [5, 5.41) is 0. The molecule has 1 aromatic carbocycles. The summed E-state index contributed by atoms with van der Waals surface area (Å²) in [5.74, 6) is 1.06. The van der Waals surface area contributed by atoms with Crippen molar-refractivity contribution in [3.63, 3.8) is 0 Å². The number of rotatable bonds is 6. The van der Waals surface area contributed by atoms with Crippen LogP contribution in [0.15, 0.2) is 34.7 Å². The van der Waals surface area contributed by atoms with Crippen LogP contribution >= 0.6 is 0 Å². The van der Waals surface area contributed by atoms with Gasteiger partial charge in [0.05, 0.1) is 19.0 Å². The van der Waals surface area contributed by atoms with Crippen molar-refractivity contribution in [2.75, 3.05) is 45.1 Å². The van der Waals surface area contributed by atoms with Crippen molar-refractivity contribution in [2.45, 2.75) is 32.1 Å². The minimum Gasteiger partial charge on any atom is -0.445 e. The van der Waals surface area contributed by atoms with Crippen molar-refractivity contribution in [3.05, 3.63) is 53.2 Å². The molecule has 1 aromatic heterocycles. The number of piperidine rings is 1. The van der Waals surface area contributed by atoms with Crippen LogP contribution in [0.1, 0.15) is 46.5 Å². The lowest BCUT2D eigenvalue weighted by Gasteiger charge is -2.29. The molecule has 2 aromatic rings. The van der Waals surface area contributed by atoms with E-state index < -0.39 is 10.0 Å². The summed E-state index contributed by atoms with van der Waals surface area (Å²) in [4.78, 5) is 19.0. The number of carbonyl (C=O) groups is 1. The highest BCUT2D eigenvalue weighted by Crippen LogP contribution is 2.30. The van der Waals surface area contributed by atoms with Crippen LogP contribution in [0.2, 0.25) is 0 Å². The Morgan fingerprint density at radius 3 is 2.45 bits per heavy atom. The van der Waals surface area contributed by atoms with Gasteiger partial charge in [0.25, 0.3) is 5.91 Å². The molecule has 0 N–H and O–H groups in total. The van der Waals surface area contributed by atoms with Crippen molar-refractivity contribution >= 4 is 15.9 Å². The number of nitrogens with zero attached hydrogens (tertiary/aromatic N) is 3. The van der Waals surface area contributed by atoms with Crippen molar-refractivity contribution < 1.29 is 22.4 Å². The van der Waals surface area contributed by atoms with Crippen LogP contribution in [0.5, 0.6) is 0 Å². The summed E-state index contributed by atoms with van der Waals surface area (Å²) in [5.41, 5.74) is 1.38. The first-order chi connectivity index (χ1) is 14.9. The number of amides is 1. The fourth-order valence-electron chi connectivity index (χ4n) is 4.11. The Morgan fingerprint density at radius 2 is 1.77 bits per heavy atom. The van der Waals surface area contributed by atoms with Gasteiger partial charge in [0.2, 0.25) is 10.0 Å². The van der Waals surface area contributed by atoms with E-state index in [9.17, 15) is 13.2 Å². The third kappa shape index (κ3) is 5.16. The molecular weight excluding hydrogens is 418 g/mol. The summed E-state index contributed by atoms with van der Waals surface area (Å²) in [7, 11) is -3.31. The number of aromatic nitrogens is 1. The van der Waals surface area contributed by atoms with E-state index in [0.29, 0.717) is 76.0 Å². The molecule has 0 saturated carbocycles. The Balaban J connectivity index is 1.35. The molecule has 0 unspecified atom stereocenters. The highest BCUT2D eigenvalue weighted by atomic mass is 32.2. The molecule has 168 valence electrons. The van der Waals surface area contributed by atoms with Gasteiger partial charge in [0, 0.05) is 32.1 Å².